The van der Waals surface area contributed by atoms with E-state index in [2.05, 4.69) is 31.2 Å². The molecule has 1 aliphatic heterocycles. The third-order valence-corrected chi connectivity index (χ3v) is 5.89. The van der Waals surface area contributed by atoms with E-state index in [-0.39, 0.29) is 5.91 Å². The van der Waals surface area contributed by atoms with Gasteiger partial charge in [0.15, 0.2) is 11.1 Å². The Kier molecular flexibility index (Phi) is 7.86. The molecular formula is C21H30N6OS. The summed E-state index contributed by atoms with van der Waals surface area (Å²) in [6.07, 6.45) is 4.24. The van der Waals surface area contributed by atoms with Crippen LogP contribution in [0.1, 0.15) is 34.5 Å². The Morgan fingerprint density at radius 1 is 1.21 bits per heavy atom. The van der Waals surface area contributed by atoms with Gasteiger partial charge in [-0.05, 0) is 37.0 Å². The van der Waals surface area contributed by atoms with Crippen LogP contribution >= 0.6 is 11.3 Å². The summed E-state index contributed by atoms with van der Waals surface area (Å²) in [5, 5.41) is 12.6. The maximum Gasteiger partial charge on any atom is 0.251 e. The van der Waals surface area contributed by atoms with E-state index in [1.54, 1.807) is 25.4 Å². The van der Waals surface area contributed by atoms with Gasteiger partial charge in [-0.1, -0.05) is 12.1 Å². The first-order valence-corrected chi connectivity index (χ1v) is 11.0. The molecule has 7 nitrogen and oxygen atoms in total. The van der Waals surface area contributed by atoms with Crippen molar-refractivity contribution in [3.8, 4) is 0 Å². The summed E-state index contributed by atoms with van der Waals surface area (Å²) in [6, 6.07) is 7.70. The third-order valence-electron chi connectivity index (χ3n) is 4.94. The zero-order chi connectivity index (χ0) is 20.5. The highest BCUT2D eigenvalue weighted by molar-refractivity contribution is 7.13. The lowest BCUT2D eigenvalue weighted by molar-refractivity contribution is 0.0963. The van der Waals surface area contributed by atoms with Crippen LogP contribution in [0.15, 0.2) is 34.6 Å². The van der Waals surface area contributed by atoms with Crippen molar-refractivity contribution >= 4 is 28.3 Å². The molecule has 8 heteroatoms. The molecule has 1 saturated heterocycles. The summed E-state index contributed by atoms with van der Waals surface area (Å²) in [6.45, 7) is 3.79. The van der Waals surface area contributed by atoms with Gasteiger partial charge in [0.25, 0.3) is 5.91 Å². The highest BCUT2D eigenvalue weighted by Crippen LogP contribution is 2.24. The molecule has 0 bridgehead atoms. The Balaban J connectivity index is 1.39. The average molecular weight is 415 g/mol. The first-order chi connectivity index (χ1) is 14.2. The van der Waals surface area contributed by atoms with Gasteiger partial charge >= 0.3 is 0 Å². The molecule has 3 rings (SSSR count). The minimum absolute atomic E-state index is 0.0628. The lowest BCUT2D eigenvalue weighted by Gasteiger charge is -2.13. The number of hydrogen-bond acceptors (Lipinski definition) is 5. The SMILES string of the molecule is CN=C(NCCc1cccc(C(=O)NC)c1)NCCc1csc(N2CCCC2)n1. The molecule has 0 atom stereocenters. The molecule has 29 heavy (non-hydrogen) atoms. The van der Waals surface area contributed by atoms with Crippen molar-refractivity contribution in [2.75, 3.05) is 45.2 Å². The van der Waals surface area contributed by atoms with E-state index in [0.717, 1.165) is 61.4 Å². The fraction of sp³-hybridized carbons (Fsp3) is 0.476. The molecule has 1 aromatic carbocycles. The monoisotopic (exact) mass is 414 g/mol. The van der Waals surface area contributed by atoms with E-state index in [1.807, 2.05) is 24.3 Å². The molecule has 2 aromatic rings. The van der Waals surface area contributed by atoms with Crippen LogP contribution < -0.4 is 20.9 Å². The minimum atomic E-state index is -0.0628. The van der Waals surface area contributed by atoms with Gasteiger partial charge in [0, 0.05) is 57.6 Å². The average Bonchev–Trinajstić information content (AvgIpc) is 3.44. The number of thiazole rings is 1. The maximum atomic E-state index is 11.7. The van der Waals surface area contributed by atoms with Crippen LogP contribution in [-0.4, -0.2) is 57.1 Å². The van der Waals surface area contributed by atoms with Gasteiger partial charge in [0.05, 0.1) is 5.69 Å². The van der Waals surface area contributed by atoms with Crippen LogP contribution in [0.4, 0.5) is 5.13 Å². The number of aliphatic imine (C=N–C) groups is 1. The zero-order valence-corrected chi connectivity index (χ0v) is 18.0. The lowest BCUT2D eigenvalue weighted by atomic mass is 10.1. The number of hydrogen-bond donors (Lipinski definition) is 3. The van der Waals surface area contributed by atoms with Crippen molar-refractivity contribution in [2.45, 2.75) is 25.7 Å². The number of guanidine groups is 1. The molecule has 0 saturated carbocycles. The molecule has 0 aliphatic carbocycles. The predicted molar refractivity (Wildman–Crippen MR) is 120 cm³/mol. The lowest BCUT2D eigenvalue weighted by Crippen LogP contribution is -2.39. The van der Waals surface area contributed by atoms with Crippen LogP contribution in [-0.2, 0) is 12.8 Å². The predicted octanol–water partition coefficient (Wildman–Crippen LogP) is 2.05. The van der Waals surface area contributed by atoms with E-state index < -0.39 is 0 Å². The molecule has 3 N–H and O–H groups in total. The zero-order valence-electron chi connectivity index (χ0n) is 17.2. The van der Waals surface area contributed by atoms with Crippen molar-refractivity contribution in [2.24, 2.45) is 4.99 Å². The number of nitrogens with one attached hydrogen (secondary N) is 3. The van der Waals surface area contributed by atoms with Crippen LogP contribution in [0.25, 0.3) is 0 Å². The van der Waals surface area contributed by atoms with Crippen LogP contribution in [0.5, 0.6) is 0 Å². The minimum Gasteiger partial charge on any atom is -0.356 e. The smallest absolute Gasteiger partial charge is 0.251 e. The van der Waals surface area contributed by atoms with Crippen LogP contribution in [0.2, 0.25) is 0 Å². The molecule has 2 heterocycles. The quantitative estimate of drug-likeness (QED) is 0.455. The molecule has 1 aromatic heterocycles. The van der Waals surface area contributed by atoms with Gasteiger partial charge in [0.1, 0.15) is 0 Å². The first-order valence-electron chi connectivity index (χ1n) is 10.1. The molecule has 0 unspecified atom stereocenters. The van der Waals surface area contributed by atoms with Crippen LogP contribution in [0, 0.1) is 0 Å². The van der Waals surface area contributed by atoms with Crippen molar-refractivity contribution in [1.82, 2.24) is 20.9 Å². The Morgan fingerprint density at radius 3 is 2.69 bits per heavy atom. The maximum absolute atomic E-state index is 11.7. The number of carbonyl (C=O) groups is 1. The number of carbonyl (C=O) groups excluding carboxylic acids is 1. The molecule has 1 amide bonds. The summed E-state index contributed by atoms with van der Waals surface area (Å²) < 4.78 is 0. The fourth-order valence-corrected chi connectivity index (χ4v) is 4.25. The Bertz CT molecular complexity index is 828. The number of nitrogens with zero attached hydrogens (tertiary/aromatic N) is 3. The van der Waals surface area contributed by atoms with E-state index in [9.17, 15) is 4.79 Å². The van der Waals surface area contributed by atoms with Gasteiger partial charge < -0.3 is 20.9 Å². The Labute approximate surface area is 176 Å². The second-order valence-electron chi connectivity index (χ2n) is 7.02. The summed E-state index contributed by atoms with van der Waals surface area (Å²) in [7, 11) is 3.42. The summed E-state index contributed by atoms with van der Waals surface area (Å²) >= 11 is 1.74. The van der Waals surface area contributed by atoms with E-state index in [0.29, 0.717) is 5.56 Å². The summed E-state index contributed by atoms with van der Waals surface area (Å²) in [4.78, 5) is 23.2. The second kappa shape index (κ2) is 10.8. The Hall–Kier alpha value is -2.61. The highest BCUT2D eigenvalue weighted by Gasteiger charge is 2.15. The first kappa shape index (κ1) is 21.1. The topological polar surface area (TPSA) is 81.6 Å². The second-order valence-corrected chi connectivity index (χ2v) is 7.86. The number of rotatable bonds is 8. The molecule has 0 spiro atoms. The van der Waals surface area contributed by atoms with Crippen molar-refractivity contribution in [3.63, 3.8) is 0 Å². The molecule has 1 aliphatic rings. The highest BCUT2D eigenvalue weighted by atomic mass is 32.1. The molecule has 156 valence electrons. The van der Waals surface area contributed by atoms with E-state index in [4.69, 9.17) is 4.98 Å². The fourth-order valence-electron chi connectivity index (χ4n) is 3.33. The van der Waals surface area contributed by atoms with E-state index in [1.165, 1.54) is 12.8 Å². The standard InChI is InChI=1S/C21H30N6OS/c1-22-19(28)17-7-5-6-16(14-17)8-10-24-20(23-2)25-11-9-18-15-29-21(26-18)27-12-3-4-13-27/h5-7,14-15H,3-4,8-13H2,1-2H3,(H,22,28)(H2,23,24,25). The van der Waals surface area contributed by atoms with Crippen LogP contribution in [0.3, 0.4) is 0 Å². The van der Waals surface area contributed by atoms with Crippen molar-refractivity contribution in [1.29, 1.82) is 0 Å². The molecule has 0 radical (unpaired) electrons. The number of anilines is 1. The van der Waals surface area contributed by atoms with Gasteiger partial charge in [0.2, 0.25) is 0 Å². The van der Waals surface area contributed by atoms with Crippen molar-refractivity contribution < 1.29 is 4.79 Å². The third kappa shape index (κ3) is 6.19. The normalized spacial score (nSPS) is 14.1. The number of amides is 1. The van der Waals surface area contributed by atoms with Gasteiger partial charge in [-0.25, -0.2) is 4.98 Å². The largest absolute Gasteiger partial charge is 0.356 e. The van der Waals surface area contributed by atoms with Gasteiger partial charge in [-0.2, -0.15) is 0 Å². The van der Waals surface area contributed by atoms with E-state index >= 15 is 0 Å². The van der Waals surface area contributed by atoms with Crippen molar-refractivity contribution in [3.05, 3.63) is 46.5 Å². The molecular weight excluding hydrogens is 384 g/mol. The summed E-state index contributed by atoms with van der Waals surface area (Å²) in [5.74, 6) is 0.717. The Morgan fingerprint density at radius 2 is 1.97 bits per heavy atom. The molecule has 1 fully saturated rings. The summed E-state index contributed by atoms with van der Waals surface area (Å²) in [5.41, 5.74) is 2.93. The number of aromatic nitrogens is 1. The number of benzene rings is 1. The van der Waals surface area contributed by atoms with Gasteiger partial charge in [-0.15, -0.1) is 11.3 Å². The van der Waals surface area contributed by atoms with Gasteiger partial charge in [-0.3, -0.25) is 9.79 Å².